The number of carbonyl (C=O) groups is 2. The number of carbonyl (C=O) groups excluding carboxylic acids is 2. The lowest BCUT2D eigenvalue weighted by Crippen LogP contribution is -2.51. The lowest BCUT2D eigenvalue weighted by atomic mass is 10.1. The van der Waals surface area contributed by atoms with E-state index in [0.717, 1.165) is 11.1 Å². The van der Waals surface area contributed by atoms with Crippen LogP contribution in [0.5, 0.6) is 0 Å². The number of hydrogen-bond acceptors (Lipinski definition) is 2. The van der Waals surface area contributed by atoms with Crippen molar-refractivity contribution in [1.29, 1.82) is 0 Å². The minimum atomic E-state index is -0.247. The van der Waals surface area contributed by atoms with E-state index in [0.29, 0.717) is 32.4 Å². The van der Waals surface area contributed by atoms with Gasteiger partial charge in [0.2, 0.25) is 5.91 Å². The van der Waals surface area contributed by atoms with E-state index in [9.17, 15) is 14.0 Å². The van der Waals surface area contributed by atoms with Crippen molar-refractivity contribution < 1.29 is 14.0 Å². The molecule has 1 aromatic rings. The third-order valence-electron chi connectivity index (χ3n) is 3.95. The summed E-state index contributed by atoms with van der Waals surface area (Å²) >= 11 is 0. The summed E-state index contributed by atoms with van der Waals surface area (Å²) in [5.74, 6) is -0.131. The fraction of sp³-hybridized carbons (Fsp3) is 0.500. The Morgan fingerprint density at radius 1 is 1.45 bits per heavy atom. The monoisotopic (exact) mass is 307 g/mol. The zero-order valence-corrected chi connectivity index (χ0v) is 13.0. The molecule has 1 aliphatic heterocycles. The molecule has 2 N–H and O–H groups in total. The third-order valence-corrected chi connectivity index (χ3v) is 3.95. The molecule has 0 aliphatic carbocycles. The minimum Gasteiger partial charge on any atom is -0.344 e. The number of halogens is 1. The van der Waals surface area contributed by atoms with E-state index in [-0.39, 0.29) is 23.8 Å². The Labute approximate surface area is 129 Å². The fourth-order valence-electron chi connectivity index (χ4n) is 2.62. The molecule has 1 fully saturated rings. The highest BCUT2D eigenvalue weighted by Crippen LogP contribution is 2.11. The van der Waals surface area contributed by atoms with Crippen LogP contribution in [0, 0.1) is 12.7 Å². The number of piperidine rings is 1. The average Bonchev–Trinajstić information content (AvgIpc) is 2.45. The molecule has 1 saturated heterocycles. The molecule has 1 aliphatic rings. The summed E-state index contributed by atoms with van der Waals surface area (Å²) in [6.45, 7) is 2.89. The van der Waals surface area contributed by atoms with Crippen LogP contribution in [-0.4, -0.2) is 43.0 Å². The molecule has 0 spiro atoms. The van der Waals surface area contributed by atoms with Crippen LogP contribution in [0.3, 0.4) is 0 Å². The molecule has 3 amide bonds. The summed E-state index contributed by atoms with van der Waals surface area (Å²) in [5, 5.41) is 5.67. The second-order valence-electron chi connectivity index (χ2n) is 5.73. The number of likely N-dealkylation sites (N-methyl/N-ethyl adjacent to an activating group) is 1. The maximum atomic E-state index is 13.0. The van der Waals surface area contributed by atoms with Gasteiger partial charge in [0.05, 0.1) is 0 Å². The fourth-order valence-corrected chi connectivity index (χ4v) is 2.62. The predicted molar refractivity (Wildman–Crippen MR) is 82.0 cm³/mol. The van der Waals surface area contributed by atoms with Gasteiger partial charge in [-0.15, -0.1) is 0 Å². The molecule has 2 rings (SSSR count). The highest BCUT2D eigenvalue weighted by Gasteiger charge is 2.23. The number of rotatable bonds is 4. The molecule has 1 heterocycles. The van der Waals surface area contributed by atoms with Crippen molar-refractivity contribution in [3.8, 4) is 0 Å². The van der Waals surface area contributed by atoms with Crippen LogP contribution in [0.25, 0.3) is 0 Å². The molecule has 120 valence electrons. The molecule has 0 radical (unpaired) electrons. The summed E-state index contributed by atoms with van der Waals surface area (Å²) in [5.41, 5.74) is 1.90. The normalized spacial score (nSPS) is 18.2. The zero-order valence-electron chi connectivity index (χ0n) is 13.0. The first kappa shape index (κ1) is 16.3. The zero-order chi connectivity index (χ0) is 16.1. The maximum absolute atomic E-state index is 13.0. The quantitative estimate of drug-likeness (QED) is 0.887. The van der Waals surface area contributed by atoms with Gasteiger partial charge >= 0.3 is 6.03 Å². The van der Waals surface area contributed by atoms with E-state index in [1.807, 2.05) is 6.92 Å². The Morgan fingerprint density at radius 3 is 2.91 bits per heavy atom. The van der Waals surface area contributed by atoms with Gasteiger partial charge in [0.1, 0.15) is 5.82 Å². The molecule has 0 bridgehead atoms. The van der Waals surface area contributed by atoms with Gasteiger partial charge in [0.15, 0.2) is 0 Å². The number of hydrogen-bond donors (Lipinski definition) is 2. The second kappa shape index (κ2) is 7.24. The van der Waals surface area contributed by atoms with Crippen LogP contribution < -0.4 is 10.6 Å². The smallest absolute Gasteiger partial charge is 0.315 e. The number of nitrogens with zero attached hydrogens (tertiary/aromatic N) is 1. The number of urea groups is 1. The van der Waals surface area contributed by atoms with Gasteiger partial charge < -0.3 is 15.5 Å². The number of benzene rings is 1. The van der Waals surface area contributed by atoms with E-state index in [4.69, 9.17) is 0 Å². The third kappa shape index (κ3) is 4.44. The van der Waals surface area contributed by atoms with Crippen molar-refractivity contribution in [2.24, 2.45) is 0 Å². The molecule has 1 unspecified atom stereocenters. The first-order chi connectivity index (χ1) is 10.5. The highest BCUT2D eigenvalue weighted by atomic mass is 19.1. The number of amides is 3. The Morgan fingerprint density at radius 2 is 2.23 bits per heavy atom. The van der Waals surface area contributed by atoms with Gasteiger partial charge in [-0.2, -0.15) is 0 Å². The average molecular weight is 307 g/mol. The topological polar surface area (TPSA) is 61.4 Å². The van der Waals surface area contributed by atoms with Gasteiger partial charge in [-0.1, -0.05) is 6.07 Å². The number of likely N-dealkylation sites (tertiary alicyclic amines) is 1. The Hall–Kier alpha value is -2.11. The number of nitrogens with one attached hydrogen (secondary N) is 2. The summed E-state index contributed by atoms with van der Waals surface area (Å²) in [4.78, 5) is 24.9. The highest BCUT2D eigenvalue weighted by molar-refractivity contribution is 5.78. The van der Waals surface area contributed by atoms with Gasteiger partial charge in [-0.3, -0.25) is 4.79 Å². The van der Waals surface area contributed by atoms with Crippen LogP contribution in [-0.2, 0) is 11.2 Å². The Balaban J connectivity index is 1.73. The van der Waals surface area contributed by atoms with Crippen molar-refractivity contribution >= 4 is 11.9 Å². The lowest BCUT2D eigenvalue weighted by Gasteiger charge is -2.30. The van der Waals surface area contributed by atoms with Crippen LogP contribution in [0.2, 0.25) is 0 Å². The molecule has 0 aromatic heterocycles. The predicted octanol–water partition coefficient (Wildman–Crippen LogP) is 1.60. The second-order valence-corrected chi connectivity index (χ2v) is 5.73. The van der Waals surface area contributed by atoms with Gasteiger partial charge in [0, 0.05) is 32.6 Å². The summed E-state index contributed by atoms with van der Waals surface area (Å²) in [6.07, 6.45) is 1.80. The molecule has 0 saturated carbocycles. The van der Waals surface area contributed by atoms with Crippen molar-refractivity contribution in [1.82, 2.24) is 15.5 Å². The van der Waals surface area contributed by atoms with Crippen LogP contribution in [0.1, 0.15) is 24.0 Å². The first-order valence-corrected chi connectivity index (χ1v) is 7.49. The van der Waals surface area contributed by atoms with Crippen molar-refractivity contribution in [3.63, 3.8) is 0 Å². The van der Waals surface area contributed by atoms with E-state index in [1.54, 1.807) is 18.0 Å². The summed E-state index contributed by atoms with van der Waals surface area (Å²) < 4.78 is 13.0. The van der Waals surface area contributed by atoms with Crippen molar-refractivity contribution in [2.45, 2.75) is 32.2 Å². The minimum absolute atomic E-state index is 0.00439. The molecule has 6 heteroatoms. The maximum Gasteiger partial charge on any atom is 0.315 e. The Kier molecular flexibility index (Phi) is 5.35. The van der Waals surface area contributed by atoms with E-state index in [2.05, 4.69) is 10.6 Å². The van der Waals surface area contributed by atoms with Crippen LogP contribution in [0.15, 0.2) is 18.2 Å². The van der Waals surface area contributed by atoms with Gasteiger partial charge in [0.25, 0.3) is 0 Å². The summed E-state index contributed by atoms with van der Waals surface area (Å²) in [6, 6.07) is 4.43. The van der Waals surface area contributed by atoms with Crippen LogP contribution in [0.4, 0.5) is 9.18 Å². The molecule has 5 nitrogen and oxygen atoms in total. The molecule has 22 heavy (non-hydrogen) atoms. The number of aryl methyl sites for hydroxylation is 1. The first-order valence-electron chi connectivity index (χ1n) is 7.49. The lowest BCUT2D eigenvalue weighted by molar-refractivity contribution is -0.132. The van der Waals surface area contributed by atoms with Crippen molar-refractivity contribution in [3.05, 3.63) is 35.1 Å². The standard InChI is InChI=1S/C16H22FN3O2/c1-11-9-13(17)4-3-12(11)7-8-18-16(22)19-14-5-6-15(21)20(2)10-14/h3-4,9,14H,5-8,10H2,1-2H3,(H2,18,19,22). The van der Waals surface area contributed by atoms with E-state index < -0.39 is 0 Å². The SMILES string of the molecule is Cc1cc(F)ccc1CCNC(=O)NC1CCC(=O)N(C)C1. The molecular weight excluding hydrogens is 285 g/mol. The van der Waals surface area contributed by atoms with Crippen LogP contribution >= 0.6 is 0 Å². The Bertz CT molecular complexity index is 562. The molecule has 1 atom stereocenters. The summed E-state index contributed by atoms with van der Waals surface area (Å²) in [7, 11) is 1.74. The molecule has 1 aromatic carbocycles. The molecular formula is C16H22FN3O2. The van der Waals surface area contributed by atoms with Gasteiger partial charge in [-0.25, -0.2) is 9.18 Å². The van der Waals surface area contributed by atoms with E-state index >= 15 is 0 Å². The van der Waals surface area contributed by atoms with Gasteiger partial charge in [-0.05, 0) is 43.0 Å². The van der Waals surface area contributed by atoms with Crippen molar-refractivity contribution in [2.75, 3.05) is 20.1 Å². The largest absolute Gasteiger partial charge is 0.344 e. The van der Waals surface area contributed by atoms with E-state index in [1.165, 1.54) is 12.1 Å².